The maximum atomic E-state index is 13.8. The van der Waals surface area contributed by atoms with Gasteiger partial charge in [0.25, 0.3) is 0 Å². The molecule has 2 aromatic carbocycles. The quantitative estimate of drug-likeness (QED) is 0.919. The number of benzene rings is 2. The van der Waals surface area contributed by atoms with Crippen molar-refractivity contribution < 1.29 is 13.5 Å². The third-order valence-corrected chi connectivity index (χ3v) is 2.88. The van der Waals surface area contributed by atoms with Gasteiger partial charge in [-0.05, 0) is 42.4 Å². The first kappa shape index (κ1) is 14.9. The van der Waals surface area contributed by atoms with E-state index in [0.29, 0.717) is 23.2 Å². The molecule has 0 aliphatic carbocycles. The third-order valence-electron chi connectivity index (χ3n) is 2.88. The maximum Gasteiger partial charge on any atom is 0.191 e. The fourth-order valence-corrected chi connectivity index (χ4v) is 1.94. The van der Waals surface area contributed by atoms with E-state index < -0.39 is 17.4 Å². The van der Waals surface area contributed by atoms with E-state index in [1.165, 1.54) is 12.1 Å². The molecule has 0 aliphatic rings. The normalized spacial score (nSPS) is 10.2. The summed E-state index contributed by atoms with van der Waals surface area (Å²) < 4.78 is 32.9. The first-order valence-electron chi connectivity index (χ1n) is 6.38. The van der Waals surface area contributed by atoms with Gasteiger partial charge in [-0.3, -0.25) is 0 Å². The van der Waals surface area contributed by atoms with Gasteiger partial charge in [-0.2, -0.15) is 5.26 Å². The van der Waals surface area contributed by atoms with Crippen LogP contribution in [0, 0.1) is 23.0 Å². The number of halogens is 2. The lowest BCUT2D eigenvalue weighted by Crippen LogP contribution is -2.07. The molecule has 108 valence electrons. The molecule has 0 fully saturated rings. The number of nitrogens with one attached hydrogen (secondary N) is 1. The monoisotopic (exact) mass is 288 g/mol. The van der Waals surface area contributed by atoms with Crippen LogP contribution < -0.4 is 10.1 Å². The molecule has 0 radical (unpaired) electrons. The molecule has 0 saturated carbocycles. The molecule has 0 unspecified atom stereocenters. The summed E-state index contributed by atoms with van der Waals surface area (Å²) in [5.41, 5.74) is 1.65. The predicted molar refractivity (Wildman–Crippen MR) is 74.6 cm³/mol. The van der Waals surface area contributed by atoms with Crippen LogP contribution in [-0.4, -0.2) is 7.05 Å². The molecule has 0 aliphatic heterocycles. The van der Waals surface area contributed by atoms with E-state index in [1.54, 1.807) is 31.3 Å². The van der Waals surface area contributed by atoms with Crippen LogP contribution in [0.25, 0.3) is 0 Å². The first-order chi connectivity index (χ1) is 10.1. The fourth-order valence-electron chi connectivity index (χ4n) is 1.94. The topological polar surface area (TPSA) is 45.0 Å². The van der Waals surface area contributed by atoms with Crippen molar-refractivity contribution in [1.29, 1.82) is 5.26 Å². The highest BCUT2D eigenvalue weighted by Crippen LogP contribution is 2.24. The second kappa shape index (κ2) is 6.82. The summed E-state index contributed by atoms with van der Waals surface area (Å²) in [6.45, 7) is 0.368. The van der Waals surface area contributed by atoms with Crippen molar-refractivity contribution in [2.24, 2.45) is 0 Å². The number of hydrogen-bond acceptors (Lipinski definition) is 3. The summed E-state index contributed by atoms with van der Waals surface area (Å²) in [5.74, 6) is -1.88. The molecule has 2 aromatic rings. The van der Waals surface area contributed by atoms with Crippen molar-refractivity contribution in [2.75, 3.05) is 7.05 Å². The van der Waals surface area contributed by atoms with E-state index in [1.807, 2.05) is 6.07 Å². The van der Waals surface area contributed by atoms with Crippen molar-refractivity contribution in [1.82, 2.24) is 5.32 Å². The largest absolute Gasteiger partial charge is 0.483 e. The highest BCUT2D eigenvalue weighted by atomic mass is 19.1. The SMILES string of the molecule is CNCc1cc(F)c(OCc2cccc(C#N)c2)c(F)c1. The minimum atomic E-state index is -0.739. The Labute approximate surface area is 121 Å². The van der Waals surface area contributed by atoms with Gasteiger partial charge in [0.1, 0.15) is 6.61 Å². The van der Waals surface area contributed by atoms with Crippen LogP contribution in [0.2, 0.25) is 0 Å². The van der Waals surface area contributed by atoms with Gasteiger partial charge in [0.15, 0.2) is 17.4 Å². The lowest BCUT2D eigenvalue weighted by Gasteiger charge is -2.10. The van der Waals surface area contributed by atoms with Crippen LogP contribution in [0.5, 0.6) is 5.75 Å². The summed E-state index contributed by atoms with van der Waals surface area (Å²) >= 11 is 0. The second-order valence-corrected chi connectivity index (χ2v) is 4.52. The Morgan fingerprint density at radius 2 is 1.86 bits per heavy atom. The van der Waals surface area contributed by atoms with Crippen LogP contribution in [0.1, 0.15) is 16.7 Å². The molecular weight excluding hydrogens is 274 g/mol. The highest BCUT2D eigenvalue weighted by Gasteiger charge is 2.12. The van der Waals surface area contributed by atoms with Crippen LogP contribution >= 0.6 is 0 Å². The highest BCUT2D eigenvalue weighted by molar-refractivity contribution is 5.34. The van der Waals surface area contributed by atoms with Crippen molar-refractivity contribution >= 4 is 0 Å². The van der Waals surface area contributed by atoms with Gasteiger partial charge < -0.3 is 10.1 Å². The van der Waals surface area contributed by atoms with E-state index in [4.69, 9.17) is 10.00 Å². The zero-order valence-electron chi connectivity index (χ0n) is 11.5. The standard InChI is InChI=1S/C16H14F2N2O/c1-20-9-13-6-14(17)16(15(18)7-13)21-10-12-4-2-3-11(5-12)8-19/h2-7,20H,9-10H2,1H3. The lowest BCUT2D eigenvalue weighted by atomic mass is 10.1. The maximum absolute atomic E-state index is 13.8. The molecule has 2 rings (SSSR count). The van der Waals surface area contributed by atoms with Crippen LogP contribution in [-0.2, 0) is 13.2 Å². The summed E-state index contributed by atoms with van der Waals surface area (Å²) in [7, 11) is 1.70. The molecule has 1 N–H and O–H groups in total. The Bertz CT molecular complexity index is 657. The zero-order valence-corrected chi connectivity index (χ0v) is 11.5. The number of hydrogen-bond donors (Lipinski definition) is 1. The lowest BCUT2D eigenvalue weighted by molar-refractivity contribution is 0.273. The van der Waals surface area contributed by atoms with E-state index >= 15 is 0 Å². The smallest absolute Gasteiger partial charge is 0.191 e. The number of rotatable bonds is 5. The van der Waals surface area contributed by atoms with Gasteiger partial charge in [0.05, 0.1) is 11.6 Å². The molecule has 0 amide bonds. The Balaban J connectivity index is 2.14. The van der Waals surface area contributed by atoms with Gasteiger partial charge in [0, 0.05) is 6.54 Å². The summed E-state index contributed by atoms with van der Waals surface area (Å²) in [6, 6.07) is 11.2. The summed E-state index contributed by atoms with van der Waals surface area (Å²) in [5, 5.41) is 11.6. The van der Waals surface area contributed by atoms with E-state index in [0.717, 1.165) is 0 Å². The average Bonchev–Trinajstić information content (AvgIpc) is 2.47. The molecule has 0 saturated heterocycles. The van der Waals surface area contributed by atoms with Crippen molar-refractivity contribution in [2.45, 2.75) is 13.2 Å². The molecular formula is C16H14F2N2O. The van der Waals surface area contributed by atoms with Gasteiger partial charge in [0.2, 0.25) is 0 Å². The number of nitrogens with zero attached hydrogens (tertiary/aromatic N) is 1. The number of nitriles is 1. The molecule has 0 aromatic heterocycles. The van der Waals surface area contributed by atoms with Crippen molar-refractivity contribution in [3.05, 3.63) is 64.7 Å². The first-order valence-corrected chi connectivity index (χ1v) is 6.38. The molecule has 3 nitrogen and oxygen atoms in total. The van der Waals surface area contributed by atoms with Gasteiger partial charge in [-0.25, -0.2) is 8.78 Å². The molecule has 5 heteroatoms. The van der Waals surface area contributed by atoms with Gasteiger partial charge >= 0.3 is 0 Å². The molecule has 0 bridgehead atoms. The van der Waals surface area contributed by atoms with Crippen LogP contribution in [0.4, 0.5) is 8.78 Å². The van der Waals surface area contributed by atoms with Gasteiger partial charge in [-0.1, -0.05) is 12.1 Å². The average molecular weight is 288 g/mol. The van der Waals surface area contributed by atoms with E-state index in [-0.39, 0.29) is 6.61 Å². The number of ether oxygens (including phenoxy) is 1. The Morgan fingerprint density at radius 3 is 2.48 bits per heavy atom. The molecule has 0 heterocycles. The van der Waals surface area contributed by atoms with Gasteiger partial charge in [-0.15, -0.1) is 0 Å². The van der Waals surface area contributed by atoms with E-state index in [9.17, 15) is 8.78 Å². The minimum absolute atomic E-state index is 0.00522. The molecule has 21 heavy (non-hydrogen) atoms. The Kier molecular flexibility index (Phi) is 4.85. The second-order valence-electron chi connectivity index (χ2n) is 4.52. The van der Waals surface area contributed by atoms with E-state index in [2.05, 4.69) is 5.32 Å². The zero-order chi connectivity index (χ0) is 15.2. The molecule has 0 atom stereocenters. The predicted octanol–water partition coefficient (Wildman–Crippen LogP) is 3.13. The Morgan fingerprint density at radius 1 is 1.14 bits per heavy atom. The van der Waals surface area contributed by atoms with Crippen LogP contribution in [0.15, 0.2) is 36.4 Å². The fraction of sp³-hybridized carbons (Fsp3) is 0.188. The molecule has 0 spiro atoms. The summed E-state index contributed by atoms with van der Waals surface area (Å²) in [6.07, 6.45) is 0. The minimum Gasteiger partial charge on any atom is -0.483 e. The Hall–Kier alpha value is -2.45. The third kappa shape index (κ3) is 3.77. The summed E-state index contributed by atoms with van der Waals surface area (Å²) in [4.78, 5) is 0. The van der Waals surface area contributed by atoms with Crippen molar-refractivity contribution in [3.8, 4) is 11.8 Å². The van der Waals surface area contributed by atoms with Crippen LogP contribution in [0.3, 0.4) is 0 Å². The van der Waals surface area contributed by atoms with Crippen molar-refractivity contribution in [3.63, 3.8) is 0 Å².